The van der Waals surface area contributed by atoms with E-state index in [1.165, 1.54) is 0 Å². The number of carbonyl (C=O) groups is 1. The summed E-state index contributed by atoms with van der Waals surface area (Å²) in [4.78, 5) is 14.5. The molecule has 0 amide bonds. The van der Waals surface area contributed by atoms with Crippen molar-refractivity contribution >= 4 is 22.6 Å². The Hall–Kier alpha value is -3.81. The zero-order valence-electron chi connectivity index (χ0n) is 18.1. The molecule has 0 aliphatic heterocycles. The Kier molecular flexibility index (Phi) is 6.92. The van der Waals surface area contributed by atoms with Gasteiger partial charge < -0.3 is 31.0 Å². The summed E-state index contributed by atoms with van der Waals surface area (Å²) in [7, 11) is 0. The maximum atomic E-state index is 11.3. The van der Waals surface area contributed by atoms with Crippen molar-refractivity contribution in [2.75, 3.05) is 18.5 Å². The van der Waals surface area contributed by atoms with E-state index in [-0.39, 0.29) is 13.0 Å². The minimum absolute atomic E-state index is 0.0771. The summed E-state index contributed by atoms with van der Waals surface area (Å²) >= 11 is 0. The fourth-order valence-corrected chi connectivity index (χ4v) is 3.82. The molecule has 6 N–H and O–H groups in total. The maximum absolute atomic E-state index is 11.3. The van der Waals surface area contributed by atoms with E-state index in [0.717, 1.165) is 44.8 Å². The predicted molar refractivity (Wildman–Crippen MR) is 130 cm³/mol. The third-order valence-corrected chi connectivity index (χ3v) is 5.47. The van der Waals surface area contributed by atoms with Gasteiger partial charge in [0.05, 0.1) is 5.69 Å². The summed E-state index contributed by atoms with van der Waals surface area (Å²) in [5.74, 6) is 0.463. The smallest absolute Gasteiger partial charge is 0.320 e. The Morgan fingerprint density at radius 1 is 1.03 bits per heavy atom. The highest BCUT2D eigenvalue weighted by atomic mass is 16.5. The number of carboxylic acids is 1. The second-order valence-corrected chi connectivity index (χ2v) is 7.82. The maximum Gasteiger partial charge on any atom is 0.320 e. The lowest BCUT2D eigenvalue weighted by molar-refractivity contribution is -0.138. The predicted octanol–water partition coefficient (Wildman–Crippen LogP) is 4.38. The van der Waals surface area contributed by atoms with Gasteiger partial charge in [0.2, 0.25) is 0 Å². The van der Waals surface area contributed by atoms with Gasteiger partial charge in [0.1, 0.15) is 17.5 Å². The minimum Gasteiger partial charge on any atom is -0.480 e. The molecule has 170 valence electrons. The number of nitrogens with one attached hydrogen (secondary N) is 2. The monoisotopic (exact) mass is 445 g/mol. The summed E-state index contributed by atoms with van der Waals surface area (Å²) in [5.41, 5.74) is 10.4. The quantitative estimate of drug-likeness (QED) is 0.231. The first-order chi connectivity index (χ1) is 16.1. The van der Waals surface area contributed by atoms with Crippen LogP contribution in [0.25, 0.3) is 22.0 Å². The standard InChI is InChI=1S/C26H27N3O4/c27-22(26(31)32)15-18-16-29-23-12-11-21(25(24(18)23)28-13-4-14-30)17-7-9-20(10-8-17)33-19-5-2-1-3-6-19/h1-3,5-12,16,22,28-30H,4,13-15,27H2,(H,31,32). The van der Waals surface area contributed by atoms with Crippen LogP contribution in [0.4, 0.5) is 5.69 Å². The molecule has 4 aromatic rings. The summed E-state index contributed by atoms with van der Waals surface area (Å²) in [6.45, 7) is 0.654. The molecule has 4 rings (SSSR count). The van der Waals surface area contributed by atoms with Gasteiger partial charge in [-0.25, -0.2) is 0 Å². The third kappa shape index (κ3) is 5.16. The number of nitrogens with two attached hydrogens (primary N) is 1. The molecule has 33 heavy (non-hydrogen) atoms. The fourth-order valence-electron chi connectivity index (χ4n) is 3.82. The van der Waals surface area contributed by atoms with Gasteiger partial charge in [-0.3, -0.25) is 4.79 Å². The van der Waals surface area contributed by atoms with E-state index in [9.17, 15) is 15.0 Å². The molecule has 0 aliphatic rings. The van der Waals surface area contributed by atoms with Crippen molar-refractivity contribution < 1.29 is 19.7 Å². The number of rotatable bonds is 10. The van der Waals surface area contributed by atoms with E-state index < -0.39 is 12.0 Å². The van der Waals surface area contributed by atoms with E-state index in [4.69, 9.17) is 10.5 Å². The van der Waals surface area contributed by atoms with Gasteiger partial charge in [0, 0.05) is 42.2 Å². The first-order valence-corrected chi connectivity index (χ1v) is 10.9. The van der Waals surface area contributed by atoms with Crippen LogP contribution in [-0.2, 0) is 11.2 Å². The first kappa shape index (κ1) is 22.4. The number of ether oxygens (including phenoxy) is 1. The van der Waals surface area contributed by atoms with Crippen LogP contribution in [-0.4, -0.2) is 40.4 Å². The number of hydrogen-bond donors (Lipinski definition) is 5. The van der Waals surface area contributed by atoms with Crippen molar-refractivity contribution in [3.8, 4) is 22.6 Å². The molecule has 0 saturated carbocycles. The Labute approximate surface area is 191 Å². The molecule has 1 unspecified atom stereocenters. The Bertz CT molecular complexity index is 1220. The number of H-pyrrole nitrogens is 1. The first-order valence-electron chi connectivity index (χ1n) is 10.9. The molecule has 0 fully saturated rings. The van der Waals surface area contributed by atoms with E-state index in [0.29, 0.717) is 13.0 Å². The molecular weight excluding hydrogens is 418 g/mol. The topological polar surface area (TPSA) is 121 Å². The molecule has 0 spiro atoms. The zero-order chi connectivity index (χ0) is 23.2. The number of fused-ring (bicyclic) bond motifs is 1. The van der Waals surface area contributed by atoms with Crippen LogP contribution in [0.1, 0.15) is 12.0 Å². The van der Waals surface area contributed by atoms with Gasteiger partial charge in [-0.15, -0.1) is 0 Å². The number of anilines is 1. The van der Waals surface area contributed by atoms with Crippen LogP contribution < -0.4 is 15.8 Å². The third-order valence-electron chi connectivity index (χ3n) is 5.47. The van der Waals surface area contributed by atoms with Crippen LogP contribution in [0.5, 0.6) is 11.5 Å². The summed E-state index contributed by atoms with van der Waals surface area (Å²) in [6.07, 6.45) is 2.61. The normalized spacial score (nSPS) is 11.9. The Morgan fingerprint density at radius 3 is 2.45 bits per heavy atom. The van der Waals surface area contributed by atoms with Crippen molar-refractivity contribution in [1.29, 1.82) is 0 Å². The lowest BCUT2D eigenvalue weighted by atomic mass is 9.97. The highest BCUT2D eigenvalue weighted by Gasteiger charge is 2.19. The molecule has 7 heteroatoms. The summed E-state index contributed by atoms with van der Waals surface area (Å²) in [6, 6.07) is 20.4. The lowest BCUT2D eigenvalue weighted by Gasteiger charge is -2.16. The molecule has 7 nitrogen and oxygen atoms in total. The number of carboxylic acid groups (broad SMARTS) is 1. The number of aliphatic carboxylic acids is 1. The van der Waals surface area contributed by atoms with Crippen LogP contribution in [0.3, 0.4) is 0 Å². The van der Waals surface area contributed by atoms with Gasteiger partial charge in [-0.2, -0.15) is 0 Å². The van der Waals surface area contributed by atoms with Crippen LogP contribution in [0.15, 0.2) is 72.9 Å². The number of aliphatic hydroxyl groups excluding tert-OH is 1. The van der Waals surface area contributed by atoms with Crippen molar-refractivity contribution in [3.05, 3.63) is 78.5 Å². The van der Waals surface area contributed by atoms with Crippen LogP contribution >= 0.6 is 0 Å². The molecule has 1 atom stereocenters. The minimum atomic E-state index is -1.04. The van der Waals surface area contributed by atoms with E-state index >= 15 is 0 Å². The average molecular weight is 446 g/mol. The van der Waals surface area contributed by atoms with Gasteiger partial charge in [0.25, 0.3) is 0 Å². The summed E-state index contributed by atoms with van der Waals surface area (Å²) in [5, 5.41) is 22.9. The second-order valence-electron chi connectivity index (χ2n) is 7.82. The number of para-hydroxylation sites is 1. The molecule has 1 aromatic heterocycles. The second kappa shape index (κ2) is 10.2. The van der Waals surface area contributed by atoms with Gasteiger partial charge in [0.15, 0.2) is 0 Å². The summed E-state index contributed by atoms with van der Waals surface area (Å²) < 4.78 is 5.90. The number of aliphatic hydroxyl groups is 1. The Balaban J connectivity index is 1.71. The zero-order valence-corrected chi connectivity index (χ0v) is 18.1. The van der Waals surface area contributed by atoms with Gasteiger partial charge >= 0.3 is 5.97 Å². The number of benzene rings is 3. The van der Waals surface area contributed by atoms with Crippen LogP contribution in [0.2, 0.25) is 0 Å². The lowest BCUT2D eigenvalue weighted by Crippen LogP contribution is -2.32. The van der Waals surface area contributed by atoms with Crippen molar-refractivity contribution in [3.63, 3.8) is 0 Å². The van der Waals surface area contributed by atoms with Gasteiger partial charge in [-0.05, 0) is 47.9 Å². The van der Waals surface area contributed by atoms with E-state index in [2.05, 4.69) is 10.3 Å². The molecule has 0 saturated heterocycles. The number of aromatic nitrogens is 1. The van der Waals surface area contributed by atoms with Crippen molar-refractivity contribution in [1.82, 2.24) is 4.98 Å². The SMILES string of the molecule is NC(Cc1c[nH]c2ccc(-c3ccc(Oc4ccccc4)cc3)c(NCCCO)c12)C(=O)O. The van der Waals surface area contributed by atoms with Gasteiger partial charge in [-0.1, -0.05) is 36.4 Å². The molecular formula is C26H27N3O4. The van der Waals surface area contributed by atoms with Crippen molar-refractivity contribution in [2.24, 2.45) is 5.73 Å². The van der Waals surface area contributed by atoms with E-state index in [1.807, 2.05) is 72.9 Å². The van der Waals surface area contributed by atoms with Crippen LogP contribution in [0, 0.1) is 0 Å². The Morgan fingerprint density at radius 2 is 1.76 bits per heavy atom. The molecule has 1 heterocycles. The average Bonchev–Trinajstić information content (AvgIpc) is 3.23. The van der Waals surface area contributed by atoms with E-state index in [1.54, 1.807) is 0 Å². The largest absolute Gasteiger partial charge is 0.480 e. The highest BCUT2D eigenvalue weighted by Crippen LogP contribution is 2.38. The fraction of sp³-hybridized carbons (Fsp3) is 0.192. The molecule has 3 aromatic carbocycles. The number of aromatic amines is 1. The molecule has 0 radical (unpaired) electrons. The molecule has 0 aliphatic carbocycles. The molecule has 0 bridgehead atoms. The number of hydrogen-bond acceptors (Lipinski definition) is 5. The highest BCUT2D eigenvalue weighted by molar-refractivity contribution is 6.02. The van der Waals surface area contributed by atoms with Crippen molar-refractivity contribution in [2.45, 2.75) is 18.9 Å².